The van der Waals surface area contributed by atoms with Crippen molar-refractivity contribution < 1.29 is 13.2 Å². The Morgan fingerprint density at radius 2 is 1.61 bits per heavy atom. The number of hydrogen-bond donors (Lipinski definition) is 1. The fraction of sp³-hybridized carbons (Fsp3) is 0.333. The molecule has 23 heavy (non-hydrogen) atoms. The molecule has 1 aliphatic rings. The molecule has 4 nitrogen and oxygen atoms in total. The number of rotatable bonds is 6. The van der Waals surface area contributed by atoms with Crippen LogP contribution < -0.4 is 5.73 Å². The first-order chi connectivity index (χ1) is 11.1. The second kappa shape index (κ2) is 6.07. The average molecular weight is 331 g/mol. The van der Waals surface area contributed by atoms with Crippen molar-refractivity contribution >= 4 is 9.84 Å². The fourth-order valence-electron chi connectivity index (χ4n) is 3.61. The van der Waals surface area contributed by atoms with E-state index in [9.17, 15) is 8.42 Å². The van der Waals surface area contributed by atoms with E-state index >= 15 is 0 Å². The van der Waals surface area contributed by atoms with Crippen LogP contribution in [0.25, 0.3) is 0 Å². The smallest absolute Gasteiger partial charge is 0.182 e. The van der Waals surface area contributed by atoms with Gasteiger partial charge in [-0.05, 0) is 17.7 Å². The molecule has 122 valence electrons. The van der Waals surface area contributed by atoms with E-state index < -0.39 is 20.5 Å². The first kappa shape index (κ1) is 16.2. The Morgan fingerprint density at radius 1 is 1.04 bits per heavy atom. The Hall–Kier alpha value is -1.69. The minimum atomic E-state index is -3.47. The second-order valence-corrected chi connectivity index (χ2v) is 8.11. The third kappa shape index (κ3) is 2.59. The average Bonchev–Trinajstić information content (AvgIpc) is 3.27. The molecule has 1 aliphatic carbocycles. The topological polar surface area (TPSA) is 69.4 Å². The SMILES string of the molecule is COC[C@]1(CN)[C@H](c2ccccc2)[C@@H]1S(=O)(=O)c1ccccc1. The summed E-state index contributed by atoms with van der Waals surface area (Å²) in [6.07, 6.45) is 0. The summed E-state index contributed by atoms with van der Waals surface area (Å²) in [6, 6.07) is 18.3. The summed E-state index contributed by atoms with van der Waals surface area (Å²) >= 11 is 0. The Kier molecular flexibility index (Phi) is 4.27. The summed E-state index contributed by atoms with van der Waals surface area (Å²) in [5.74, 6) is -0.140. The van der Waals surface area contributed by atoms with Crippen LogP contribution in [0.15, 0.2) is 65.6 Å². The molecule has 0 saturated heterocycles. The monoisotopic (exact) mass is 331 g/mol. The van der Waals surface area contributed by atoms with Crippen molar-refractivity contribution in [3.63, 3.8) is 0 Å². The molecule has 0 spiro atoms. The molecule has 2 N–H and O–H groups in total. The van der Waals surface area contributed by atoms with E-state index in [1.807, 2.05) is 36.4 Å². The minimum absolute atomic E-state index is 0.140. The number of sulfone groups is 1. The molecule has 0 aromatic heterocycles. The van der Waals surface area contributed by atoms with Gasteiger partial charge in [0.2, 0.25) is 0 Å². The van der Waals surface area contributed by atoms with E-state index in [0.29, 0.717) is 11.5 Å². The molecule has 0 amide bonds. The summed E-state index contributed by atoms with van der Waals surface area (Å²) in [7, 11) is -1.88. The highest BCUT2D eigenvalue weighted by Gasteiger charge is 2.70. The highest BCUT2D eigenvalue weighted by Crippen LogP contribution is 2.63. The predicted molar refractivity (Wildman–Crippen MR) is 90.0 cm³/mol. The van der Waals surface area contributed by atoms with Gasteiger partial charge in [-0.2, -0.15) is 0 Å². The Bertz CT molecular complexity index is 761. The van der Waals surface area contributed by atoms with E-state index in [2.05, 4.69) is 0 Å². The molecule has 3 rings (SSSR count). The minimum Gasteiger partial charge on any atom is -0.384 e. The summed E-state index contributed by atoms with van der Waals surface area (Å²) < 4.78 is 31.6. The van der Waals surface area contributed by atoms with Crippen molar-refractivity contribution in [1.29, 1.82) is 0 Å². The quantitative estimate of drug-likeness (QED) is 0.881. The van der Waals surface area contributed by atoms with Crippen LogP contribution in [0.3, 0.4) is 0 Å². The van der Waals surface area contributed by atoms with Gasteiger partial charge in [0.1, 0.15) is 0 Å². The maximum Gasteiger partial charge on any atom is 0.182 e. The number of ether oxygens (including phenoxy) is 1. The van der Waals surface area contributed by atoms with Crippen LogP contribution in [-0.2, 0) is 14.6 Å². The lowest BCUT2D eigenvalue weighted by Crippen LogP contribution is -2.28. The lowest BCUT2D eigenvalue weighted by Gasteiger charge is -2.14. The molecule has 0 bridgehead atoms. The summed E-state index contributed by atoms with van der Waals surface area (Å²) in [5, 5.41) is -0.551. The van der Waals surface area contributed by atoms with Gasteiger partial charge >= 0.3 is 0 Å². The zero-order valence-electron chi connectivity index (χ0n) is 13.1. The number of methoxy groups -OCH3 is 1. The van der Waals surface area contributed by atoms with Gasteiger partial charge in [-0.1, -0.05) is 48.5 Å². The van der Waals surface area contributed by atoms with Crippen LogP contribution in [0, 0.1) is 5.41 Å². The molecule has 2 aromatic carbocycles. The van der Waals surface area contributed by atoms with E-state index in [-0.39, 0.29) is 12.5 Å². The molecule has 0 heterocycles. The van der Waals surface area contributed by atoms with Crippen molar-refractivity contribution in [3.8, 4) is 0 Å². The fourth-order valence-corrected chi connectivity index (χ4v) is 6.07. The summed E-state index contributed by atoms with van der Waals surface area (Å²) in [5.41, 5.74) is 6.44. The normalized spacial score (nSPS) is 26.9. The Morgan fingerprint density at radius 3 is 2.13 bits per heavy atom. The maximum atomic E-state index is 13.1. The van der Waals surface area contributed by atoms with Gasteiger partial charge in [-0.3, -0.25) is 0 Å². The van der Waals surface area contributed by atoms with Crippen molar-refractivity contribution in [3.05, 3.63) is 66.2 Å². The summed E-state index contributed by atoms with van der Waals surface area (Å²) in [4.78, 5) is 0.345. The van der Waals surface area contributed by atoms with Gasteiger partial charge < -0.3 is 10.5 Å². The molecule has 0 radical (unpaired) electrons. The van der Waals surface area contributed by atoms with Gasteiger partial charge in [0.05, 0.1) is 16.8 Å². The summed E-state index contributed by atoms with van der Waals surface area (Å²) in [6.45, 7) is 0.608. The largest absolute Gasteiger partial charge is 0.384 e. The molecular weight excluding hydrogens is 310 g/mol. The molecular formula is C18H21NO3S. The van der Waals surface area contributed by atoms with Gasteiger partial charge in [-0.25, -0.2) is 8.42 Å². The molecule has 5 heteroatoms. The van der Waals surface area contributed by atoms with Crippen molar-refractivity contribution in [1.82, 2.24) is 0 Å². The van der Waals surface area contributed by atoms with Crippen LogP contribution in [0.4, 0.5) is 0 Å². The molecule has 1 fully saturated rings. The predicted octanol–water partition coefficient (Wildman–Crippen LogP) is 2.22. The van der Waals surface area contributed by atoms with Crippen LogP contribution in [0.5, 0.6) is 0 Å². The highest BCUT2D eigenvalue weighted by molar-refractivity contribution is 7.92. The molecule has 3 atom stereocenters. The van der Waals surface area contributed by atoms with Crippen LogP contribution in [0.2, 0.25) is 0 Å². The van der Waals surface area contributed by atoms with E-state index in [1.54, 1.807) is 31.4 Å². The number of nitrogens with two attached hydrogens (primary N) is 1. The van der Waals surface area contributed by atoms with Crippen molar-refractivity contribution in [2.24, 2.45) is 11.1 Å². The van der Waals surface area contributed by atoms with Gasteiger partial charge in [0.25, 0.3) is 0 Å². The maximum absolute atomic E-state index is 13.1. The second-order valence-electron chi connectivity index (χ2n) is 6.04. The third-order valence-corrected chi connectivity index (χ3v) is 7.08. The zero-order chi connectivity index (χ0) is 16.5. The van der Waals surface area contributed by atoms with Crippen LogP contribution >= 0.6 is 0 Å². The lowest BCUT2D eigenvalue weighted by molar-refractivity contribution is 0.142. The standard InChI is InChI=1S/C18H21NO3S/c1-22-13-18(12-19)16(14-8-4-2-5-9-14)17(18)23(20,21)15-10-6-3-7-11-15/h2-11,16-17H,12-13,19H2,1H3/t16-,17+,18-/m1/s1. The zero-order valence-corrected chi connectivity index (χ0v) is 13.9. The first-order valence-corrected chi connectivity index (χ1v) is 9.15. The van der Waals surface area contributed by atoms with Crippen molar-refractivity contribution in [2.45, 2.75) is 16.1 Å². The molecule has 0 unspecified atom stereocenters. The molecule has 0 aliphatic heterocycles. The van der Waals surface area contributed by atoms with E-state index in [0.717, 1.165) is 5.56 Å². The lowest BCUT2D eigenvalue weighted by atomic mass is 10.0. The van der Waals surface area contributed by atoms with Gasteiger partial charge in [0, 0.05) is 25.0 Å². The Balaban J connectivity index is 2.06. The third-order valence-electron chi connectivity index (χ3n) is 4.74. The highest BCUT2D eigenvalue weighted by atomic mass is 32.2. The van der Waals surface area contributed by atoms with Gasteiger partial charge in [-0.15, -0.1) is 0 Å². The number of hydrogen-bond acceptors (Lipinski definition) is 4. The first-order valence-electron chi connectivity index (χ1n) is 7.61. The van der Waals surface area contributed by atoms with Crippen molar-refractivity contribution in [2.75, 3.05) is 20.3 Å². The Labute approximate surface area is 137 Å². The van der Waals surface area contributed by atoms with Crippen LogP contribution in [0.1, 0.15) is 11.5 Å². The molecule has 1 saturated carbocycles. The number of benzene rings is 2. The van der Waals surface area contributed by atoms with E-state index in [4.69, 9.17) is 10.5 Å². The van der Waals surface area contributed by atoms with E-state index in [1.165, 1.54) is 0 Å². The van der Waals surface area contributed by atoms with Crippen LogP contribution in [-0.4, -0.2) is 33.9 Å². The molecule has 2 aromatic rings. The van der Waals surface area contributed by atoms with Gasteiger partial charge in [0.15, 0.2) is 9.84 Å².